The second-order valence-electron chi connectivity index (χ2n) is 9.57. The van der Waals surface area contributed by atoms with Gasteiger partial charge in [-0.05, 0) is 54.7 Å². The summed E-state index contributed by atoms with van der Waals surface area (Å²) in [6.07, 6.45) is 1.09. The molecule has 5 rings (SSSR count). The molecule has 5 nitrogen and oxygen atoms in total. The second-order valence-corrected chi connectivity index (χ2v) is 11.5. The first-order chi connectivity index (χ1) is 16.1. The average molecular weight is 540 g/mol. The maximum atomic E-state index is 13.7. The van der Waals surface area contributed by atoms with Crippen LogP contribution in [0.2, 0.25) is 0 Å². The van der Waals surface area contributed by atoms with Crippen LogP contribution < -0.4 is 10.6 Å². The van der Waals surface area contributed by atoms with Crippen LogP contribution in [0.3, 0.4) is 0 Å². The topological polar surface area (TPSA) is 71.1 Å². The summed E-state index contributed by atoms with van der Waals surface area (Å²) in [5.74, 6) is -1.27. The third kappa shape index (κ3) is 4.20. The predicted molar refractivity (Wildman–Crippen MR) is 136 cm³/mol. The van der Waals surface area contributed by atoms with Gasteiger partial charge in [-0.2, -0.15) is 0 Å². The van der Waals surface area contributed by atoms with Gasteiger partial charge >= 0.3 is 0 Å². The number of carbonyl (C=O) groups excluding carboxylic acids is 2. The molecule has 0 saturated carbocycles. The molecular formula is C26H23BrFN3O2S. The Morgan fingerprint density at radius 2 is 1.94 bits per heavy atom. The van der Waals surface area contributed by atoms with Crippen LogP contribution in [0.5, 0.6) is 0 Å². The highest BCUT2D eigenvalue weighted by molar-refractivity contribution is 9.10. The minimum atomic E-state index is -0.580. The fourth-order valence-electron chi connectivity index (χ4n) is 4.84. The number of hydrogen-bond donors (Lipinski definition) is 2. The Morgan fingerprint density at radius 1 is 1.21 bits per heavy atom. The molecule has 0 spiro atoms. The molecule has 2 aliphatic rings. The molecule has 2 N–H and O–H groups in total. The van der Waals surface area contributed by atoms with Crippen LogP contribution in [-0.4, -0.2) is 16.7 Å². The summed E-state index contributed by atoms with van der Waals surface area (Å²) >= 11 is 4.84. The number of benzene rings is 2. The molecule has 2 aromatic carbocycles. The van der Waals surface area contributed by atoms with Crippen LogP contribution in [0, 0.1) is 11.2 Å². The largest absolute Gasteiger partial charge is 0.362 e. The van der Waals surface area contributed by atoms with Crippen LogP contribution in [-0.2, 0) is 9.59 Å². The number of carbonyl (C=O) groups is 2. The molecule has 3 aromatic rings. The highest BCUT2D eigenvalue weighted by atomic mass is 79.9. The number of dihydropyridines is 1. The third-order valence-corrected chi connectivity index (χ3v) is 7.69. The van der Waals surface area contributed by atoms with Crippen LogP contribution >= 0.6 is 27.3 Å². The van der Waals surface area contributed by atoms with E-state index in [9.17, 15) is 14.0 Å². The number of nitrogens with one attached hydrogen (secondary N) is 2. The van der Waals surface area contributed by atoms with Crippen molar-refractivity contribution >= 4 is 54.3 Å². The summed E-state index contributed by atoms with van der Waals surface area (Å²) < 4.78 is 15.6. The predicted octanol–water partition coefficient (Wildman–Crippen LogP) is 6.44. The van der Waals surface area contributed by atoms with Crippen molar-refractivity contribution in [1.82, 2.24) is 10.3 Å². The number of halogens is 2. The Morgan fingerprint density at radius 3 is 2.68 bits per heavy atom. The zero-order chi connectivity index (χ0) is 24.2. The van der Waals surface area contributed by atoms with Crippen molar-refractivity contribution in [2.75, 3.05) is 5.32 Å². The molecule has 0 radical (unpaired) electrons. The van der Waals surface area contributed by atoms with Crippen LogP contribution in [0.1, 0.15) is 45.1 Å². The number of allylic oxidation sites excluding steroid dienone is 3. The quantitative estimate of drug-likeness (QED) is 0.401. The Kier molecular flexibility index (Phi) is 5.68. The van der Waals surface area contributed by atoms with Gasteiger partial charge in [-0.1, -0.05) is 53.2 Å². The first kappa shape index (κ1) is 22.9. The van der Waals surface area contributed by atoms with E-state index >= 15 is 0 Å². The summed E-state index contributed by atoms with van der Waals surface area (Å²) in [4.78, 5) is 31.5. The summed E-state index contributed by atoms with van der Waals surface area (Å²) in [5.41, 5.74) is 3.89. The number of anilines is 1. The third-order valence-electron chi connectivity index (χ3n) is 6.26. The lowest BCUT2D eigenvalue weighted by Crippen LogP contribution is -2.39. The summed E-state index contributed by atoms with van der Waals surface area (Å²) in [5, 5.41) is 6.76. The fourth-order valence-corrected chi connectivity index (χ4v) is 6.25. The number of Topliss-reactive ketones (excluding diaryl/α,β-unsaturated/α-hetero) is 1. The van der Waals surface area contributed by atoms with Gasteiger partial charge in [0.15, 0.2) is 10.9 Å². The van der Waals surface area contributed by atoms with Crippen LogP contribution in [0.15, 0.2) is 69.5 Å². The molecule has 174 valence electrons. The van der Waals surface area contributed by atoms with Crippen LogP contribution in [0.4, 0.5) is 9.52 Å². The van der Waals surface area contributed by atoms with Crippen molar-refractivity contribution < 1.29 is 14.0 Å². The number of aromatic nitrogens is 1. The Labute approximate surface area is 209 Å². The number of amides is 1. The molecule has 0 saturated heterocycles. The SMILES string of the molecule is CC1=C(C(=O)Nc2nc3ccc(Br)cc3s2)[C@@H](c2ccc(F)cc2)C2=C(CC(C)(C)CC2=O)N1. The van der Waals surface area contributed by atoms with Gasteiger partial charge in [0.05, 0.1) is 10.2 Å². The van der Waals surface area contributed by atoms with Gasteiger partial charge in [0.1, 0.15) is 5.82 Å². The number of hydrogen-bond acceptors (Lipinski definition) is 5. The number of rotatable bonds is 3. The fraction of sp³-hybridized carbons (Fsp3) is 0.269. The number of fused-ring (bicyclic) bond motifs is 1. The van der Waals surface area contributed by atoms with E-state index in [2.05, 4.69) is 45.4 Å². The summed E-state index contributed by atoms with van der Waals surface area (Å²) in [7, 11) is 0. The zero-order valence-electron chi connectivity index (χ0n) is 19.0. The molecule has 8 heteroatoms. The molecule has 1 aromatic heterocycles. The molecule has 1 aliphatic heterocycles. The minimum Gasteiger partial charge on any atom is -0.362 e. The van der Waals surface area contributed by atoms with Gasteiger partial charge in [0.25, 0.3) is 5.91 Å². The maximum absolute atomic E-state index is 13.7. The lowest BCUT2D eigenvalue weighted by atomic mass is 9.68. The molecule has 0 bridgehead atoms. The normalized spacial score (nSPS) is 19.8. The van der Waals surface area contributed by atoms with Gasteiger partial charge in [0, 0.05) is 39.4 Å². The molecule has 0 unspecified atom stereocenters. The van der Waals surface area contributed by atoms with E-state index in [0.29, 0.717) is 40.4 Å². The standard InChI is InChI=1S/C26H23BrFN3O2S/c1-13-21(24(33)31-25-30-17-9-6-15(27)10-20(17)34-25)22(14-4-7-16(28)8-5-14)23-18(29-13)11-26(2,3)12-19(23)32/h4-10,22,29H,11-12H2,1-3H3,(H,30,31,33)/t22-/m1/s1. The first-order valence-corrected chi connectivity index (χ1v) is 12.6. The van der Waals surface area contributed by atoms with Crippen molar-refractivity contribution in [3.63, 3.8) is 0 Å². The van der Waals surface area contributed by atoms with Gasteiger partial charge in [-0.25, -0.2) is 9.37 Å². The van der Waals surface area contributed by atoms with Crippen molar-refractivity contribution in [1.29, 1.82) is 0 Å². The van der Waals surface area contributed by atoms with E-state index in [4.69, 9.17) is 0 Å². The van der Waals surface area contributed by atoms with E-state index in [1.165, 1.54) is 23.5 Å². The summed E-state index contributed by atoms with van der Waals surface area (Å²) in [6, 6.07) is 11.8. The van der Waals surface area contributed by atoms with Gasteiger partial charge in [0.2, 0.25) is 0 Å². The van der Waals surface area contributed by atoms with Gasteiger partial charge in [-0.3, -0.25) is 14.9 Å². The van der Waals surface area contributed by atoms with Crippen molar-refractivity contribution in [3.05, 3.63) is 80.9 Å². The van der Waals surface area contributed by atoms with Crippen molar-refractivity contribution in [3.8, 4) is 0 Å². The molecule has 1 amide bonds. The van der Waals surface area contributed by atoms with Gasteiger partial charge < -0.3 is 5.32 Å². The Balaban J connectivity index is 1.57. The van der Waals surface area contributed by atoms with Crippen molar-refractivity contribution in [2.45, 2.75) is 39.5 Å². The molecule has 34 heavy (non-hydrogen) atoms. The lowest BCUT2D eigenvalue weighted by Gasteiger charge is -2.39. The molecule has 1 atom stereocenters. The second kappa shape index (κ2) is 8.43. The van der Waals surface area contributed by atoms with Gasteiger partial charge in [-0.15, -0.1) is 0 Å². The Hall–Kier alpha value is -2.84. The first-order valence-electron chi connectivity index (χ1n) is 11.0. The highest BCUT2D eigenvalue weighted by Gasteiger charge is 2.42. The smallest absolute Gasteiger partial charge is 0.256 e. The molecule has 0 fully saturated rings. The number of thiazole rings is 1. The zero-order valence-corrected chi connectivity index (χ0v) is 21.4. The van der Waals surface area contributed by atoms with E-state index < -0.39 is 5.92 Å². The van der Waals surface area contributed by atoms with E-state index in [-0.39, 0.29) is 22.9 Å². The lowest BCUT2D eigenvalue weighted by molar-refractivity contribution is -0.118. The average Bonchev–Trinajstić information content (AvgIpc) is 3.13. The van der Waals surface area contributed by atoms with E-state index in [1.807, 2.05) is 25.1 Å². The molecule has 1 aliphatic carbocycles. The monoisotopic (exact) mass is 539 g/mol. The Bertz CT molecular complexity index is 1410. The molecule has 2 heterocycles. The van der Waals surface area contributed by atoms with Crippen LogP contribution in [0.25, 0.3) is 10.2 Å². The summed E-state index contributed by atoms with van der Waals surface area (Å²) in [6.45, 7) is 5.97. The minimum absolute atomic E-state index is 0.00992. The van der Waals surface area contributed by atoms with E-state index in [0.717, 1.165) is 20.4 Å². The maximum Gasteiger partial charge on any atom is 0.256 e. The number of ketones is 1. The van der Waals surface area contributed by atoms with E-state index in [1.54, 1.807) is 12.1 Å². The van der Waals surface area contributed by atoms with Crippen molar-refractivity contribution in [2.24, 2.45) is 5.41 Å². The number of nitrogens with zero attached hydrogens (tertiary/aromatic N) is 1. The molecular weight excluding hydrogens is 517 g/mol. The highest BCUT2D eigenvalue weighted by Crippen LogP contribution is 2.46.